The summed E-state index contributed by atoms with van der Waals surface area (Å²) in [5, 5.41) is 0. The first-order chi connectivity index (χ1) is 9.56. The largest absolute Gasteiger partial charge is 0.339 e. The molecular formula is C16H29N3O. The third kappa shape index (κ3) is 2.60. The summed E-state index contributed by atoms with van der Waals surface area (Å²) in [5.74, 6) is 2.32. The van der Waals surface area contributed by atoms with E-state index in [2.05, 4.69) is 4.90 Å². The van der Waals surface area contributed by atoms with E-state index in [-0.39, 0.29) is 17.9 Å². The molecule has 0 radical (unpaired) electrons. The lowest BCUT2D eigenvalue weighted by Crippen LogP contribution is -2.56. The van der Waals surface area contributed by atoms with Gasteiger partial charge in [-0.2, -0.15) is 0 Å². The van der Waals surface area contributed by atoms with Crippen molar-refractivity contribution in [3.8, 4) is 0 Å². The van der Waals surface area contributed by atoms with Crippen molar-refractivity contribution in [2.45, 2.75) is 51.6 Å². The zero-order valence-electron chi connectivity index (χ0n) is 12.9. The highest BCUT2D eigenvalue weighted by Gasteiger charge is 2.43. The Kier molecular flexibility index (Phi) is 4.04. The molecule has 2 bridgehead atoms. The van der Waals surface area contributed by atoms with Crippen molar-refractivity contribution in [3.05, 3.63) is 0 Å². The van der Waals surface area contributed by atoms with Crippen LogP contribution in [0.2, 0.25) is 0 Å². The number of carbonyl (C=O) groups excluding carboxylic acids is 1. The number of nitrogens with zero attached hydrogens (tertiary/aromatic N) is 2. The molecule has 3 aliphatic rings. The van der Waals surface area contributed by atoms with Crippen molar-refractivity contribution in [1.82, 2.24) is 9.80 Å². The Balaban J connectivity index is 1.51. The standard InChI is InChI=1S/C16H29N3O/c1-11(2)15(17)16(20)19-7-5-18(6-8-19)14-10-12-3-4-13(14)9-12/h11-15H,3-10,17H2,1-2H3/t12?,13?,14?,15-/m0/s1. The summed E-state index contributed by atoms with van der Waals surface area (Å²) in [4.78, 5) is 16.9. The summed E-state index contributed by atoms with van der Waals surface area (Å²) in [6, 6.07) is 0.480. The van der Waals surface area contributed by atoms with E-state index in [1.807, 2.05) is 18.7 Å². The van der Waals surface area contributed by atoms with E-state index in [4.69, 9.17) is 5.73 Å². The van der Waals surface area contributed by atoms with E-state index >= 15 is 0 Å². The van der Waals surface area contributed by atoms with Crippen LogP contribution in [0.3, 0.4) is 0 Å². The zero-order valence-corrected chi connectivity index (χ0v) is 12.9. The second kappa shape index (κ2) is 5.64. The Morgan fingerprint density at radius 1 is 1.10 bits per heavy atom. The maximum absolute atomic E-state index is 12.3. The summed E-state index contributed by atoms with van der Waals surface area (Å²) < 4.78 is 0. The van der Waals surface area contributed by atoms with Gasteiger partial charge in [0.25, 0.3) is 0 Å². The van der Waals surface area contributed by atoms with Gasteiger partial charge in [0.2, 0.25) is 5.91 Å². The predicted molar refractivity (Wildman–Crippen MR) is 80.2 cm³/mol. The maximum Gasteiger partial charge on any atom is 0.239 e. The summed E-state index contributed by atoms with van der Waals surface area (Å²) in [7, 11) is 0. The van der Waals surface area contributed by atoms with E-state index in [0.29, 0.717) is 0 Å². The van der Waals surface area contributed by atoms with Gasteiger partial charge in [0.05, 0.1) is 6.04 Å². The first kappa shape index (κ1) is 14.3. The molecule has 3 unspecified atom stereocenters. The number of amides is 1. The molecule has 1 saturated heterocycles. The van der Waals surface area contributed by atoms with Crippen LogP contribution in [0.5, 0.6) is 0 Å². The topological polar surface area (TPSA) is 49.6 Å². The van der Waals surface area contributed by atoms with Gasteiger partial charge in [-0.05, 0) is 37.0 Å². The molecule has 3 rings (SSSR count). The molecule has 0 aromatic heterocycles. The summed E-state index contributed by atoms with van der Waals surface area (Å²) in [6.45, 7) is 7.87. The van der Waals surface area contributed by atoms with Crippen LogP contribution < -0.4 is 5.73 Å². The lowest BCUT2D eigenvalue weighted by atomic mass is 9.93. The van der Waals surface area contributed by atoms with Crippen LogP contribution in [0.4, 0.5) is 0 Å². The first-order valence-corrected chi connectivity index (χ1v) is 8.34. The average Bonchev–Trinajstić information content (AvgIpc) is 3.08. The van der Waals surface area contributed by atoms with Crippen molar-refractivity contribution in [3.63, 3.8) is 0 Å². The first-order valence-electron chi connectivity index (χ1n) is 8.34. The van der Waals surface area contributed by atoms with Crippen LogP contribution in [0.25, 0.3) is 0 Å². The van der Waals surface area contributed by atoms with E-state index in [0.717, 1.165) is 44.1 Å². The number of hydrogen-bond donors (Lipinski definition) is 1. The molecule has 1 amide bonds. The van der Waals surface area contributed by atoms with Crippen LogP contribution in [-0.2, 0) is 4.79 Å². The fourth-order valence-corrected chi connectivity index (χ4v) is 4.43. The molecule has 2 N–H and O–H groups in total. The second-order valence-electron chi connectivity index (χ2n) is 7.37. The smallest absolute Gasteiger partial charge is 0.239 e. The summed E-state index contributed by atoms with van der Waals surface area (Å²) >= 11 is 0. The lowest BCUT2D eigenvalue weighted by Gasteiger charge is -2.41. The molecule has 4 nitrogen and oxygen atoms in total. The van der Waals surface area contributed by atoms with E-state index < -0.39 is 0 Å². The van der Waals surface area contributed by atoms with Gasteiger partial charge < -0.3 is 10.6 Å². The van der Waals surface area contributed by atoms with Gasteiger partial charge >= 0.3 is 0 Å². The highest BCUT2D eigenvalue weighted by atomic mass is 16.2. The van der Waals surface area contributed by atoms with Gasteiger partial charge in [0, 0.05) is 32.2 Å². The van der Waals surface area contributed by atoms with Crippen molar-refractivity contribution in [1.29, 1.82) is 0 Å². The minimum absolute atomic E-state index is 0.146. The number of nitrogens with two attached hydrogens (primary N) is 1. The van der Waals surface area contributed by atoms with Crippen molar-refractivity contribution < 1.29 is 4.79 Å². The molecule has 4 heteroatoms. The molecule has 3 fully saturated rings. The van der Waals surface area contributed by atoms with Crippen LogP contribution in [0.15, 0.2) is 0 Å². The normalized spacial score (nSPS) is 35.8. The van der Waals surface area contributed by atoms with Gasteiger partial charge in [0.1, 0.15) is 0 Å². The molecule has 2 saturated carbocycles. The third-order valence-electron chi connectivity index (χ3n) is 5.80. The fraction of sp³-hybridized carbons (Fsp3) is 0.938. The second-order valence-corrected chi connectivity index (χ2v) is 7.37. The molecule has 1 aliphatic heterocycles. The van der Waals surface area contributed by atoms with Crippen LogP contribution >= 0.6 is 0 Å². The molecule has 1 heterocycles. The fourth-order valence-electron chi connectivity index (χ4n) is 4.43. The minimum atomic E-state index is -0.330. The minimum Gasteiger partial charge on any atom is -0.339 e. The Morgan fingerprint density at radius 3 is 2.30 bits per heavy atom. The Labute approximate surface area is 122 Å². The highest BCUT2D eigenvalue weighted by molar-refractivity contribution is 5.82. The zero-order chi connectivity index (χ0) is 14.3. The number of piperazine rings is 1. The molecule has 2 aliphatic carbocycles. The monoisotopic (exact) mass is 279 g/mol. The molecule has 4 atom stereocenters. The molecule has 114 valence electrons. The SMILES string of the molecule is CC(C)[C@H](N)C(=O)N1CCN(C2CC3CCC2C3)CC1. The Bertz CT molecular complexity index is 363. The summed E-state index contributed by atoms with van der Waals surface area (Å²) in [6.07, 6.45) is 5.77. The Hall–Kier alpha value is -0.610. The number of rotatable bonds is 3. The van der Waals surface area contributed by atoms with E-state index in [1.54, 1.807) is 0 Å². The van der Waals surface area contributed by atoms with Crippen molar-refractivity contribution in [2.24, 2.45) is 23.5 Å². The van der Waals surface area contributed by atoms with Gasteiger partial charge in [0.15, 0.2) is 0 Å². The molecule has 0 spiro atoms. The van der Waals surface area contributed by atoms with Gasteiger partial charge in [-0.3, -0.25) is 9.69 Å². The highest BCUT2D eigenvalue weighted by Crippen LogP contribution is 2.46. The Morgan fingerprint density at radius 2 is 1.80 bits per heavy atom. The molecule has 20 heavy (non-hydrogen) atoms. The quantitative estimate of drug-likeness (QED) is 0.847. The van der Waals surface area contributed by atoms with Crippen LogP contribution in [-0.4, -0.2) is 54.0 Å². The van der Waals surface area contributed by atoms with Gasteiger partial charge in [-0.1, -0.05) is 20.3 Å². The molecule has 0 aromatic carbocycles. The summed E-state index contributed by atoms with van der Waals surface area (Å²) in [5.41, 5.74) is 5.99. The predicted octanol–water partition coefficient (Wildman–Crippen LogP) is 1.30. The number of carbonyl (C=O) groups is 1. The number of fused-ring (bicyclic) bond motifs is 2. The van der Waals surface area contributed by atoms with E-state index in [1.165, 1.54) is 25.7 Å². The lowest BCUT2D eigenvalue weighted by molar-refractivity contribution is -0.135. The third-order valence-corrected chi connectivity index (χ3v) is 5.80. The van der Waals surface area contributed by atoms with Crippen LogP contribution in [0.1, 0.15) is 39.5 Å². The number of hydrogen-bond acceptors (Lipinski definition) is 3. The van der Waals surface area contributed by atoms with Crippen LogP contribution in [0, 0.1) is 17.8 Å². The maximum atomic E-state index is 12.3. The van der Waals surface area contributed by atoms with E-state index in [9.17, 15) is 4.79 Å². The average molecular weight is 279 g/mol. The molecular weight excluding hydrogens is 250 g/mol. The van der Waals surface area contributed by atoms with Crippen molar-refractivity contribution in [2.75, 3.05) is 26.2 Å². The molecule has 0 aromatic rings. The van der Waals surface area contributed by atoms with Gasteiger partial charge in [-0.15, -0.1) is 0 Å². The van der Waals surface area contributed by atoms with Gasteiger partial charge in [-0.25, -0.2) is 0 Å². The van der Waals surface area contributed by atoms with Crippen molar-refractivity contribution >= 4 is 5.91 Å².